The van der Waals surface area contributed by atoms with Gasteiger partial charge in [-0.1, -0.05) is 0 Å². The summed E-state index contributed by atoms with van der Waals surface area (Å²) in [6.07, 6.45) is 4.87. The quantitative estimate of drug-likeness (QED) is 0.632. The van der Waals surface area contributed by atoms with E-state index in [0.29, 0.717) is 4.73 Å². The lowest BCUT2D eigenvalue weighted by molar-refractivity contribution is 0.869. The molecule has 0 bridgehead atoms. The van der Waals surface area contributed by atoms with Crippen molar-refractivity contribution < 1.29 is 0 Å². The number of rotatable bonds is 0. The van der Waals surface area contributed by atoms with E-state index in [9.17, 15) is 0 Å². The van der Waals surface area contributed by atoms with Crippen LogP contribution in [0.25, 0.3) is 5.52 Å². The molecule has 50 valence electrons. The van der Waals surface area contributed by atoms with Gasteiger partial charge < -0.3 is 0 Å². The topological polar surface area (TPSA) is 43.1 Å². The fraction of sp³-hybridized carbons (Fsp3) is 0. The van der Waals surface area contributed by atoms with E-state index in [2.05, 4.69) is 31.0 Å². The van der Waals surface area contributed by atoms with Crippen molar-refractivity contribution >= 4 is 21.4 Å². The smallest absolute Gasteiger partial charge is 0.198 e. The van der Waals surface area contributed by atoms with Crippen molar-refractivity contribution in [1.29, 1.82) is 0 Å². The molecule has 0 amide bonds. The maximum atomic E-state index is 3.97. The molecule has 0 saturated heterocycles. The van der Waals surface area contributed by atoms with Gasteiger partial charge in [-0.15, -0.1) is 0 Å². The van der Waals surface area contributed by atoms with E-state index in [1.165, 1.54) is 6.33 Å². The van der Waals surface area contributed by atoms with Crippen LogP contribution < -0.4 is 0 Å². The van der Waals surface area contributed by atoms with Crippen LogP contribution in [0.5, 0.6) is 0 Å². The first-order valence-electron chi connectivity index (χ1n) is 2.67. The van der Waals surface area contributed by atoms with Crippen LogP contribution in [0.3, 0.4) is 0 Å². The first-order chi connectivity index (χ1) is 4.88. The second-order valence-electron chi connectivity index (χ2n) is 1.77. The standard InChI is InChI=1S/C5H3BrN4/c6-5-8-2-4-1-7-3-9-10(4)5/h1-3H. The molecular weight excluding hydrogens is 196 g/mol. The van der Waals surface area contributed by atoms with Crippen molar-refractivity contribution in [3.8, 4) is 0 Å². The van der Waals surface area contributed by atoms with Crippen molar-refractivity contribution in [1.82, 2.24) is 19.6 Å². The number of hydrogen-bond donors (Lipinski definition) is 0. The molecule has 2 aromatic heterocycles. The molecule has 2 rings (SSSR count). The molecule has 0 aliphatic heterocycles. The Balaban J connectivity index is 2.93. The zero-order valence-corrected chi connectivity index (χ0v) is 6.48. The van der Waals surface area contributed by atoms with Crippen LogP contribution in [0.2, 0.25) is 0 Å². The van der Waals surface area contributed by atoms with Gasteiger partial charge in [0.05, 0.1) is 12.4 Å². The minimum atomic E-state index is 0.699. The molecular formula is C5H3BrN4. The van der Waals surface area contributed by atoms with Crippen molar-refractivity contribution in [2.24, 2.45) is 0 Å². The summed E-state index contributed by atoms with van der Waals surface area (Å²) in [5.74, 6) is 0. The fourth-order valence-corrected chi connectivity index (χ4v) is 1.13. The maximum absolute atomic E-state index is 3.97. The van der Waals surface area contributed by atoms with Gasteiger partial charge in [0.2, 0.25) is 0 Å². The Morgan fingerprint density at radius 1 is 1.40 bits per heavy atom. The normalized spacial score (nSPS) is 10.5. The molecule has 0 aromatic carbocycles. The third kappa shape index (κ3) is 0.706. The van der Waals surface area contributed by atoms with E-state index >= 15 is 0 Å². The van der Waals surface area contributed by atoms with Crippen LogP contribution in [0, 0.1) is 0 Å². The predicted octanol–water partition coefficient (Wildman–Crippen LogP) is 0.887. The molecule has 0 N–H and O–H groups in total. The lowest BCUT2D eigenvalue weighted by Crippen LogP contribution is -1.90. The van der Waals surface area contributed by atoms with E-state index in [1.54, 1.807) is 16.9 Å². The van der Waals surface area contributed by atoms with Gasteiger partial charge in [0.25, 0.3) is 0 Å². The largest absolute Gasteiger partial charge is 0.241 e. The van der Waals surface area contributed by atoms with E-state index in [1.807, 2.05) is 0 Å². The number of halogens is 1. The molecule has 4 nitrogen and oxygen atoms in total. The average Bonchev–Trinajstić information content (AvgIpc) is 2.34. The Hall–Kier alpha value is -0.970. The van der Waals surface area contributed by atoms with Gasteiger partial charge in [0.1, 0.15) is 11.8 Å². The molecule has 2 aromatic rings. The second kappa shape index (κ2) is 2.02. The lowest BCUT2D eigenvalue weighted by atomic mass is 10.6. The van der Waals surface area contributed by atoms with Crippen LogP contribution in [0.4, 0.5) is 0 Å². The Kier molecular flexibility index (Phi) is 1.17. The fourth-order valence-electron chi connectivity index (χ4n) is 0.729. The molecule has 0 aliphatic rings. The summed E-state index contributed by atoms with van der Waals surface area (Å²) in [5.41, 5.74) is 0.884. The van der Waals surface area contributed by atoms with Crippen molar-refractivity contribution in [2.45, 2.75) is 0 Å². The average molecular weight is 199 g/mol. The molecule has 0 fully saturated rings. The Morgan fingerprint density at radius 3 is 3.10 bits per heavy atom. The van der Waals surface area contributed by atoms with E-state index in [4.69, 9.17) is 0 Å². The van der Waals surface area contributed by atoms with Gasteiger partial charge in [0, 0.05) is 0 Å². The number of fused-ring (bicyclic) bond motifs is 1. The van der Waals surface area contributed by atoms with E-state index in [0.717, 1.165) is 5.52 Å². The van der Waals surface area contributed by atoms with Crippen LogP contribution >= 0.6 is 15.9 Å². The van der Waals surface area contributed by atoms with Crippen LogP contribution in [0.15, 0.2) is 23.5 Å². The number of hydrogen-bond acceptors (Lipinski definition) is 3. The lowest BCUT2D eigenvalue weighted by Gasteiger charge is -1.88. The third-order valence-electron chi connectivity index (χ3n) is 1.16. The molecule has 0 unspecified atom stereocenters. The predicted molar refractivity (Wildman–Crippen MR) is 38.5 cm³/mol. The summed E-state index contributed by atoms with van der Waals surface area (Å²) < 4.78 is 2.36. The summed E-state index contributed by atoms with van der Waals surface area (Å²) in [6.45, 7) is 0. The SMILES string of the molecule is Brc1ncc2cncnn12. The van der Waals surface area contributed by atoms with E-state index in [-0.39, 0.29) is 0 Å². The van der Waals surface area contributed by atoms with Crippen molar-refractivity contribution in [3.05, 3.63) is 23.5 Å². The Labute approximate surface area is 65.0 Å². The van der Waals surface area contributed by atoms with Gasteiger partial charge in [-0.2, -0.15) is 5.10 Å². The van der Waals surface area contributed by atoms with Crippen LogP contribution in [-0.2, 0) is 0 Å². The summed E-state index contributed by atoms with van der Waals surface area (Å²) in [6, 6.07) is 0. The third-order valence-corrected chi connectivity index (χ3v) is 1.70. The Morgan fingerprint density at radius 2 is 2.30 bits per heavy atom. The molecule has 0 saturated carbocycles. The van der Waals surface area contributed by atoms with Gasteiger partial charge in [-0.25, -0.2) is 14.5 Å². The maximum Gasteiger partial charge on any atom is 0.198 e. The highest BCUT2D eigenvalue weighted by molar-refractivity contribution is 9.10. The van der Waals surface area contributed by atoms with Crippen molar-refractivity contribution in [3.63, 3.8) is 0 Å². The highest BCUT2D eigenvalue weighted by Crippen LogP contribution is 2.07. The highest BCUT2D eigenvalue weighted by Gasteiger charge is 1.97. The summed E-state index contributed by atoms with van der Waals surface area (Å²) in [4.78, 5) is 7.81. The summed E-state index contributed by atoms with van der Waals surface area (Å²) in [5, 5.41) is 3.94. The highest BCUT2D eigenvalue weighted by atomic mass is 79.9. The summed E-state index contributed by atoms with van der Waals surface area (Å²) >= 11 is 3.23. The van der Waals surface area contributed by atoms with E-state index < -0.39 is 0 Å². The van der Waals surface area contributed by atoms with Gasteiger partial charge in [0.15, 0.2) is 4.73 Å². The monoisotopic (exact) mass is 198 g/mol. The molecule has 0 aliphatic carbocycles. The second-order valence-corrected chi connectivity index (χ2v) is 2.48. The molecule has 2 heterocycles. The Bertz CT molecular complexity index is 355. The first-order valence-corrected chi connectivity index (χ1v) is 3.46. The van der Waals surface area contributed by atoms with Crippen molar-refractivity contribution in [2.75, 3.05) is 0 Å². The molecule has 5 heteroatoms. The minimum Gasteiger partial charge on any atom is -0.241 e. The van der Waals surface area contributed by atoms with Gasteiger partial charge >= 0.3 is 0 Å². The zero-order chi connectivity index (χ0) is 6.97. The first kappa shape index (κ1) is 5.79. The number of imidazole rings is 1. The summed E-state index contributed by atoms with van der Waals surface area (Å²) in [7, 11) is 0. The van der Waals surface area contributed by atoms with Crippen LogP contribution in [0.1, 0.15) is 0 Å². The van der Waals surface area contributed by atoms with Gasteiger partial charge in [-0.05, 0) is 15.9 Å². The van der Waals surface area contributed by atoms with Crippen LogP contribution in [-0.4, -0.2) is 19.6 Å². The zero-order valence-electron chi connectivity index (χ0n) is 4.90. The number of nitrogens with zero attached hydrogens (tertiary/aromatic N) is 4. The molecule has 0 radical (unpaired) electrons. The molecule has 0 atom stereocenters. The molecule has 0 spiro atoms. The molecule has 10 heavy (non-hydrogen) atoms. The van der Waals surface area contributed by atoms with Gasteiger partial charge in [-0.3, -0.25) is 0 Å². The minimum absolute atomic E-state index is 0.699. The number of aromatic nitrogens is 4.